The van der Waals surface area contributed by atoms with Crippen LogP contribution >= 0.6 is 22.6 Å². The van der Waals surface area contributed by atoms with Crippen LogP contribution in [0.4, 0.5) is 5.69 Å². The Balaban J connectivity index is 1.85. The quantitative estimate of drug-likeness (QED) is 0.424. The third-order valence-corrected chi connectivity index (χ3v) is 9.96. The number of pyridine rings is 1. The maximum atomic E-state index is 6.17. The second-order valence-electron chi connectivity index (χ2n) is 7.01. The van der Waals surface area contributed by atoms with Gasteiger partial charge in [-0.05, 0) is 46.8 Å². The van der Waals surface area contributed by atoms with Gasteiger partial charge in [0.1, 0.15) is 0 Å². The molecule has 1 aliphatic carbocycles. The van der Waals surface area contributed by atoms with Gasteiger partial charge in [-0.1, -0.05) is 26.8 Å². The first kappa shape index (κ1) is 17.0. The zero-order valence-electron chi connectivity index (χ0n) is 13.6. The van der Waals surface area contributed by atoms with E-state index in [0.29, 0.717) is 0 Å². The van der Waals surface area contributed by atoms with E-state index >= 15 is 0 Å². The molecular weight excluding hydrogens is 391 g/mol. The predicted molar refractivity (Wildman–Crippen MR) is 102 cm³/mol. The molecule has 0 bridgehead atoms. The molecule has 0 radical (unpaired) electrons. The molecule has 1 aliphatic rings. The first-order chi connectivity index (χ1) is 9.71. The molecule has 1 N–H and O–H groups in total. The molecular formula is C16H25IN2OSi. The van der Waals surface area contributed by atoms with Crippen LogP contribution in [0.3, 0.4) is 0 Å². The number of aromatic nitrogens is 1. The Labute approximate surface area is 142 Å². The Kier molecular flexibility index (Phi) is 5.15. The van der Waals surface area contributed by atoms with Crippen molar-refractivity contribution in [1.29, 1.82) is 0 Å². The molecule has 116 valence electrons. The van der Waals surface area contributed by atoms with Gasteiger partial charge >= 0.3 is 0 Å². The summed E-state index contributed by atoms with van der Waals surface area (Å²) in [6.07, 6.45) is 5.11. The van der Waals surface area contributed by atoms with E-state index in [9.17, 15) is 0 Å². The van der Waals surface area contributed by atoms with Crippen molar-refractivity contribution in [3.8, 4) is 0 Å². The zero-order valence-corrected chi connectivity index (χ0v) is 16.7. The highest BCUT2D eigenvalue weighted by Crippen LogP contribution is 2.36. The number of rotatable bonds is 5. The van der Waals surface area contributed by atoms with Crippen LogP contribution in [0.2, 0.25) is 18.1 Å². The van der Waals surface area contributed by atoms with Crippen LogP contribution in [-0.2, 0) is 10.8 Å². The standard InChI is InChI=1S/C16H25IN2OSi/c1-16(2,3)21(4,5)20-9-8-18-12-10-13-14(17)6-7-15(13)19-11-12/h6,10-11,18H,7-9H2,1-5H3. The third-order valence-electron chi connectivity index (χ3n) is 4.40. The van der Waals surface area contributed by atoms with E-state index in [2.05, 4.69) is 78.9 Å². The molecule has 5 heteroatoms. The topological polar surface area (TPSA) is 34.1 Å². The van der Waals surface area contributed by atoms with Crippen LogP contribution in [0, 0.1) is 0 Å². The highest BCUT2D eigenvalue weighted by Gasteiger charge is 2.36. The van der Waals surface area contributed by atoms with Gasteiger partial charge in [0.25, 0.3) is 0 Å². The molecule has 1 aromatic heterocycles. The van der Waals surface area contributed by atoms with Crippen LogP contribution < -0.4 is 5.32 Å². The Morgan fingerprint density at radius 2 is 2.10 bits per heavy atom. The summed E-state index contributed by atoms with van der Waals surface area (Å²) in [6.45, 7) is 13.0. The van der Waals surface area contributed by atoms with Crippen molar-refractivity contribution in [2.24, 2.45) is 0 Å². The van der Waals surface area contributed by atoms with Crippen molar-refractivity contribution in [3.05, 3.63) is 29.6 Å². The minimum Gasteiger partial charge on any atom is -0.415 e. The van der Waals surface area contributed by atoms with Gasteiger partial charge in [0.15, 0.2) is 8.32 Å². The number of nitrogens with zero attached hydrogens (tertiary/aromatic N) is 1. The van der Waals surface area contributed by atoms with Gasteiger partial charge in [-0.3, -0.25) is 4.98 Å². The fourth-order valence-electron chi connectivity index (χ4n) is 1.97. The molecule has 1 aromatic rings. The van der Waals surface area contributed by atoms with Gasteiger partial charge in [-0.2, -0.15) is 0 Å². The smallest absolute Gasteiger partial charge is 0.192 e. The predicted octanol–water partition coefficient (Wildman–Crippen LogP) is 4.85. The molecule has 0 amide bonds. The summed E-state index contributed by atoms with van der Waals surface area (Å²) in [5, 5.41) is 3.69. The number of hydrogen-bond donors (Lipinski definition) is 1. The van der Waals surface area contributed by atoms with Crippen molar-refractivity contribution in [3.63, 3.8) is 0 Å². The molecule has 0 aromatic carbocycles. The average molecular weight is 416 g/mol. The van der Waals surface area contributed by atoms with E-state index in [0.717, 1.165) is 25.3 Å². The number of hydrogen-bond acceptors (Lipinski definition) is 3. The largest absolute Gasteiger partial charge is 0.415 e. The van der Waals surface area contributed by atoms with Gasteiger partial charge in [0.2, 0.25) is 0 Å². The molecule has 0 saturated carbocycles. The van der Waals surface area contributed by atoms with E-state index < -0.39 is 8.32 Å². The number of allylic oxidation sites excluding steroid dienone is 1. The fourth-order valence-corrected chi connectivity index (χ4v) is 3.71. The second kappa shape index (κ2) is 6.38. The van der Waals surface area contributed by atoms with Gasteiger partial charge < -0.3 is 9.74 Å². The van der Waals surface area contributed by atoms with Gasteiger partial charge in [0, 0.05) is 22.1 Å². The fraction of sp³-hybridized carbons (Fsp3) is 0.562. The Morgan fingerprint density at radius 3 is 2.76 bits per heavy atom. The zero-order chi connectivity index (χ0) is 15.7. The lowest BCUT2D eigenvalue weighted by Gasteiger charge is -2.36. The van der Waals surface area contributed by atoms with Crippen molar-refractivity contribution >= 4 is 40.2 Å². The van der Waals surface area contributed by atoms with E-state index in [1.807, 2.05) is 6.20 Å². The molecule has 3 nitrogen and oxygen atoms in total. The van der Waals surface area contributed by atoms with Crippen LogP contribution in [0.5, 0.6) is 0 Å². The van der Waals surface area contributed by atoms with Gasteiger partial charge in [-0.25, -0.2) is 0 Å². The van der Waals surface area contributed by atoms with Crippen LogP contribution in [0.15, 0.2) is 18.3 Å². The minimum absolute atomic E-state index is 0.267. The Morgan fingerprint density at radius 1 is 1.38 bits per heavy atom. The third kappa shape index (κ3) is 4.07. The maximum Gasteiger partial charge on any atom is 0.192 e. The first-order valence-electron chi connectivity index (χ1n) is 7.43. The number of nitrogens with one attached hydrogen (secondary N) is 1. The summed E-state index contributed by atoms with van der Waals surface area (Å²) in [7, 11) is -1.64. The van der Waals surface area contributed by atoms with E-state index in [1.54, 1.807) is 0 Å². The number of halogens is 1. The SMILES string of the molecule is CC(C)(C)[Si](C)(C)OCCNc1cnc2c(c1)C(I)=CC2. The van der Waals surface area contributed by atoms with E-state index in [4.69, 9.17) is 4.43 Å². The molecule has 21 heavy (non-hydrogen) atoms. The molecule has 0 atom stereocenters. The highest BCUT2D eigenvalue weighted by atomic mass is 127. The van der Waals surface area contributed by atoms with E-state index in [1.165, 1.54) is 14.8 Å². The molecule has 0 aliphatic heterocycles. The molecule has 2 rings (SSSR count). The lowest BCUT2D eigenvalue weighted by atomic mass is 10.2. The lowest BCUT2D eigenvalue weighted by molar-refractivity contribution is 0.301. The van der Waals surface area contributed by atoms with Gasteiger partial charge in [0.05, 0.1) is 24.2 Å². The van der Waals surface area contributed by atoms with Crippen LogP contribution in [0.1, 0.15) is 32.0 Å². The molecule has 1 heterocycles. The maximum absolute atomic E-state index is 6.17. The van der Waals surface area contributed by atoms with Crippen molar-refractivity contribution < 1.29 is 4.43 Å². The van der Waals surface area contributed by atoms with Crippen molar-refractivity contribution in [2.75, 3.05) is 18.5 Å². The van der Waals surface area contributed by atoms with Crippen molar-refractivity contribution in [2.45, 2.75) is 45.3 Å². The number of anilines is 1. The average Bonchev–Trinajstić information content (AvgIpc) is 2.75. The number of fused-ring (bicyclic) bond motifs is 1. The van der Waals surface area contributed by atoms with Crippen molar-refractivity contribution in [1.82, 2.24) is 4.98 Å². The normalized spacial score (nSPS) is 14.9. The summed E-state index contributed by atoms with van der Waals surface area (Å²) >= 11 is 2.38. The monoisotopic (exact) mass is 416 g/mol. The molecule has 0 unspecified atom stereocenters. The summed E-state index contributed by atoms with van der Waals surface area (Å²) in [5.74, 6) is 0. The molecule has 0 saturated heterocycles. The second-order valence-corrected chi connectivity index (χ2v) is 13.0. The molecule has 0 fully saturated rings. The summed E-state index contributed by atoms with van der Waals surface area (Å²) in [4.78, 5) is 4.52. The van der Waals surface area contributed by atoms with Crippen LogP contribution in [-0.4, -0.2) is 26.5 Å². The van der Waals surface area contributed by atoms with E-state index in [-0.39, 0.29) is 5.04 Å². The highest BCUT2D eigenvalue weighted by molar-refractivity contribution is 14.1. The summed E-state index contributed by atoms with van der Waals surface area (Å²) in [6, 6.07) is 2.19. The summed E-state index contributed by atoms with van der Waals surface area (Å²) in [5.41, 5.74) is 3.53. The van der Waals surface area contributed by atoms with Crippen LogP contribution in [0.25, 0.3) is 3.58 Å². The first-order valence-corrected chi connectivity index (χ1v) is 11.4. The lowest BCUT2D eigenvalue weighted by Crippen LogP contribution is -2.41. The Bertz CT molecular complexity index is 550. The van der Waals surface area contributed by atoms with Gasteiger partial charge in [-0.15, -0.1) is 0 Å². The molecule has 0 spiro atoms. The minimum atomic E-state index is -1.64. The Hall–Kier alpha value is -0.403. The summed E-state index contributed by atoms with van der Waals surface area (Å²) < 4.78 is 7.47.